The molecule has 3 heteroatoms. The van der Waals surface area contributed by atoms with Crippen LogP contribution in [0.1, 0.15) is 13.3 Å². The average molecular weight is 203 g/mol. The quantitative estimate of drug-likeness (QED) is 0.643. The minimum atomic E-state index is 0.730. The Bertz CT molecular complexity index is 370. The zero-order valence-electron chi connectivity index (χ0n) is 9.62. The molecule has 1 heterocycles. The molecule has 1 aliphatic heterocycles. The maximum atomic E-state index is 4.42. The molecule has 0 amide bonds. The zero-order chi connectivity index (χ0) is 11.4. The first-order valence-corrected chi connectivity index (χ1v) is 4.85. The lowest BCUT2D eigenvalue weighted by Gasteiger charge is -2.14. The summed E-state index contributed by atoms with van der Waals surface area (Å²) in [6.07, 6.45) is 4.31. The van der Waals surface area contributed by atoms with Crippen LogP contribution in [0.25, 0.3) is 0 Å². The van der Waals surface area contributed by atoms with Crippen LogP contribution in [0, 0.1) is 0 Å². The maximum Gasteiger partial charge on any atom is 0.127 e. The van der Waals surface area contributed by atoms with Crippen molar-refractivity contribution < 1.29 is 0 Å². The van der Waals surface area contributed by atoms with Crippen LogP contribution in [-0.2, 0) is 0 Å². The van der Waals surface area contributed by atoms with Gasteiger partial charge in [-0.05, 0) is 18.6 Å². The van der Waals surface area contributed by atoms with Crippen molar-refractivity contribution in [2.24, 2.45) is 9.98 Å². The van der Waals surface area contributed by atoms with Gasteiger partial charge < -0.3 is 4.90 Å². The molecule has 0 N–H and O–H groups in total. The molecule has 3 nitrogen and oxygen atoms in total. The molecule has 0 aromatic heterocycles. The molecule has 0 atom stereocenters. The highest BCUT2D eigenvalue weighted by Gasteiger charge is 2.12. The molecule has 1 aliphatic rings. The Morgan fingerprint density at radius 1 is 1.33 bits per heavy atom. The van der Waals surface area contributed by atoms with Crippen LogP contribution in [0.2, 0.25) is 0 Å². The van der Waals surface area contributed by atoms with Gasteiger partial charge in [-0.15, -0.1) is 0 Å². The van der Waals surface area contributed by atoms with Gasteiger partial charge >= 0.3 is 0 Å². The van der Waals surface area contributed by atoms with Gasteiger partial charge in [-0.3, -0.25) is 0 Å². The molecule has 0 bridgehead atoms. The van der Waals surface area contributed by atoms with Crippen molar-refractivity contribution in [2.45, 2.75) is 13.3 Å². The van der Waals surface area contributed by atoms with Crippen LogP contribution in [0.4, 0.5) is 0 Å². The fraction of sp³-hybridized carbons (Fsp3) is 0.333. The molecule has 0 aromatic rings. The second-order valence-corrected chi connectivity index (χ2v) is 3.65. The summed E-state index contributed by atoms with van der Waals surface area (Å²) in [6.45, 7) is 9.56. The SMILES string of the molecule is C=C/C=C1/N=C(C)N=C(N(C)C)CC1=C. The van der Waals surface area contributed by atoms with E-state index in [9.17, 15) is 0 Å². The smallest absolute Gasteiger partial charge is 0.127 e. The van der Waals surface area contributed by atoms with E-state index in [1.165, 1.54) is 0 Å². The highest BCUT2D eigenvalue weighted by atomic mass is 15.2. The van der Waals surface area contributed by atoms with E-state index in [1.807, 2.05) is 32.0 Å². The van der Waals surface area contributed by atoms with E-state index in [4.69, 9.17) is 0 Å². The minimum Gasteiger partial charge on any atom is -0.366 e. The number of allylic oxidation sites excluding steroid dienone is 3. The average Bonchev–Trinajstić information content (AvgIpc) is 2.27. The van der Waals surface area contributed by atoms with Gasteiger partial charge in [0.25, 0.3) is 0 Å². The van der Waals surface area contributed by atoms with E-state index in [0.29, 0.717) is 0 Å². The van der Waals surface area contributed by atoms with Crippen molar-refractivity contribution in [3.8, 4) is 0 Å². The number of amidine groups is 2. The van der Waals surface area contributed by atoms with Gasteiger partial charge in [0, 0.05) is 20.5 Å². The van der Waals surface area contributed by atoms with Gasteiger partial charge in [-0.25, -0.2) is 9.98 Å². The summed E-state index contributed by atoms with van der Waals surface area (Å²) in [6, 6.07) is 0. The number of hydrogen-bond acceptors (Lipinski definition) is 3. The van der Waals surface area contributed by atoms with E-state index in [1.54, 1.807) is 6.08 Å². The van der Waals surface area contributed by atoms with Gasteiger partial charge in [-0.1, -0.05) is 19.2 Å². The van der Waals surface area contributed by atoms with Gasteiger partial charge in [-0.2, -0.15) is 0 Å². The zero-order valence-corrected chi connectivity index (χ0v) is 9.62. The molecule has 0 saturated carbocycles. The Labute approximate surface area is 91.2 Å². The molecule has 0 spiro atoms. The van der Waals surface area contributed by atoms with E-state index < -0.39 is 0 Å². The Morgan fingerprint density at radius 2 is 2.00 bits per heavy atom. The van der Waals surface area contributed by atoms with E-state index in [2.05, 4.69) is 23.1 Å². The molecule has 0 saturated heterocycles. The van der Waals surface area contributed by atoms with E-state index in [0.717, 1.165) is 29.4 Å². The van der Waals surface area contributed by atoms with E-state index >= 15 is 0 Å². The van der Waals surface area contributed by atoms with Crippen molar-refractivity contribution in [1.29, 1.82) is 0 Å². The summed E-state index contributed by atoms with van der Waals surface area (Å²) in [7, 11) is 3.95. The molecular formula is C12H17N3. The summed E-state index contributed by atoms with van der Waals surface area (Å²) in [4.78, 5) is 10.8. The van der Waals surface area contributed by atoms with Crippen LogP contribution < -0.4 is 0 Å². The van der Waals surface area contributed by atoms with Crippen molar-refractivity contribution >= 4 is 11.7 Å². The van der Waals surface area contributed by atoms with Crippen molar-refractivity contribution in [1.82, 2.24) is 4.90 Å². The predicted octanol–water partition coefficient (Wildman–Crippen LogP) is 2.39. The van der Waals surface area contributed by atoms with Crippen LogP contribution in [0.5, 0.6) is 0 Å². The standard InChI is InChI=1S/C12H17N3/c1-6-7-11-9(2)8-12(15(4)5)14-10(3)13-11/h6-7H,1-2,8H2,3-5H3/b11-7+. The largest absolute Gasteiger partial charge is 0.366 e. The van der Waals surface area contributed by atoms with Gasteiger partial charge in [0.1, 0.15) is 11.7 Å². The van der Waals surface area contributed by atoms with Gasteiger partial charge in [0.05, 0.1) is 5.70 Å². The van der Waals surface area contributed by atoms with Crippen molar-refractivity contribution in [2.75, 3.05) is 14.1 Å². The van der Waals surface area contributed by atoms with Crippen molar-refractivity contribution in [3.63, 3.8) is 0 Å². The molecule has 0 aliphatic carbocycles. The first-order chi connectivity index (χ1) is 7.04. The molecule has 80 valence electrons. The summed E-state index contributed by atoms with van der Waals surface area (Å²) in [5, 5.41) is 0. The molecule has 0 aromatic carbocycles. The summed E-state index contributed by atoms with van der Waals surface area (Å²) < 4.78 is 0. The molecule has 0 unspecified atom stereocenters. The summed E-state index contributed by atoms with van der Waals surface area (Å²) >= 11 is 0. The summed E-state index contributed by atoms with van der Waals surface area (Å²) in [5.74, 6) is 1.74. The molecule has 1 rings (SSSR count). The molecule has 0 radical (unpaired) electrons. The van der Waals surface area contributed by atoms with Crippen LogP contribution in [0.15, 0.2) is 46.6 Å². The van der Waals surface area contributed by atoms with E-state index in [-0.39, 0.29) is 0 Å². The first-order valence-electron chi connectivity index (χ1n) is 4.85. The second kappa shape index (κ2) is 4.73. The lowest BCUT2D eigenvalue weighted by Crippen LogP contribution is -2.22. The predicted molar refractivity (Wildman–Crippen MR) is 66.3 cm³/mol. The number of aliphatic imine (C=N–C) groups is 2. The number of rotatable bonds is 1. The highest BCUT2D eigenvalue weighted by Crippen LogP contribution is 2.18. The third-order valence-corrected chi connectivity index (χ3v) is 2.10. The Kier molecular flexibility index (Phi) is 3.61. The first kappa shape index (κ1) is 11.4. The molecule has 0 fully saturated rings. The highest BCUT2D eigenvalue weighted by molar-refractivity contribution is 5.98. The number of nitrogens with zero attached hydrogens (tertiary/aromatic N) is 3. The van der Waals surface area contributed by atoms with Crippen LogP contribution >= 0.6 is 0 Å². The fourth-order valence-electron chi connectivity index (χ4n) is 1.31. The maximum absolute atomic E-state index is 4.42. The third kappa shape index (κ3) is 2.91. The van der Waals surface area contributed by atoms with Gasteiger partial charge in [0.15, 0.2) is 0 Å². The molecular weight excluding hydrogens is 186 g/mol. The Morgan fingerprint density at radius 3 is 2.53 bits per heavy atom. The van der Waals surface area contributed by atoms with Crippen molar-refractivity contribution in [3.05, 3.63) is 36.6 Å². The summed E-state index contributed by atoms with van der Waals surface area (Å²) in [5.41, 5.74) is 1.84. The Balaban J connectivity index is 3.06. The number of hydrogen-bond donors (Lipinski definition) is 0. The Hall–Kier alpha value is -1.64. The topological polar surface area (TPSA) is 28.0 Å². The molecule has 15 heavy (non-hydrogen) atoms. The fourth-order valence-corrected chi connectivity index (χ4v) is 1.31. The van der Waals surface area contributed by atoms with Crippen LogP contribution in [0.3, 0.4) is 0 Å². The monoisotopic (exact) mass is 203 g/mol. The van der Waals surface area contributed by atoms with Gasteiger partial charge in [0.2, 0.25) is 0 Å². The second-order valence-electron chi connectivity index (χ2n) is 3.65. The third-order valence-electron chi connectivity index (χ3n) is 2.10. The van der Waals surface area contributed by atoms with Crippen LogP contribution in [-0.4, -0.2) is 30.7 Å². The lowest BCUT2D eigenvalue weighted by atomic mass is 10.1. The normalized spacial score (nSPS) is 19.4. The minimum absolute atomic E-state index is 0.730. The lowest BCUT2D eigenvalue weighted by molar-refractivity contribution is 0.611.